The van der Waals surface area contributed by atoms with E-state index in [4.69, 9.17) is 16.3 Å². The molecule has 0 aliphatic carbocycles. The highest BCUT2D eigenvalue weighted by Gasteiger charge is 2.44. The van der Waals surface area contributed by atoms with Gasteiger partial charge in [0, 0.05) is 12.1 Å². The monoisotopic (exact) mass is 417 g/mol. The highest BCUT2D eigenvalue weighted by molar-refractivity contribution is 6.31. The van der Waals surface area contributed by atoms with Crippen molar-refractivity contribution in [3.8, 4) is 5.75 Å². The molecule has 2 atom stereocenters. The Kier molecular flexibility index (Phi) is 5.93. The van der Waals surface area contributed by atoms with Crippen LogP contribution in [0.2, 0.25) is 5.02 Å². The lowest BCUT2D eigenvalue weighted by atomic mass is 9.93. The molecule has 1 aromatic rings. The minimum atomic E-state index is -3.18. The van der Waals surface area contributed by atoms with E-state index in [0.29, 0.717) is 19.1 Å². The number of rotatable bonds is 6. The third kappa shape index (κ3) is 3.84. The number of amides is 1. The number of nitrogens with zero attached hydrogens (tertiary/aromatic N) is 1. The van der Waals surface area contributed by atoms with Crippen LogP contribution >= 0.6 is 11.6 Å². The average molecular weight is 418 g/mol. The van der Waals surface area contributed by atoms with Crippen LogP contribution in [0.3, 0.4) is 0 Å². The maximum absolute atomic E-state index is 14.6. The van der Waals surface area contributed by atoms with Crippen molar-refractivity contribution in [3.05, 3.63) is 34.6 Å². The van der Waals surface area contributed by atoms with E-state index < -0.39 is 48.7 Å². The summed E-state index contributed by atoms with van der Waals surface area (Å²) in [7, 11) is 0. The van der Waals surface area contributed by atoms with Gasteiger partial charge in [-0.1, -0.05) is 11.6 Å². The normalized spacial score (nSPS) is 21.4. The number of aldehydes is 1. The molecular weight excluding hydrogens is 403 g/mol. The summed E-state index contributed by atoms with van der Waals surface area (Å²) < 4.78 is 49.1. The van der Waals surface area contributed by atoms with E-state index in [2.05, 4.69) is 4.74 Å². The fourth-order valence-corrected chi connectivity index (χ4v) is 3.76. The second-order valence-electron chi connectivity index (χ2n) is 6.28. The third-order valence-corrected chi connectivity index (χ3v) is 4.96. The van der Waals surface area contributed by atoms with Crippen LogP contribution in [0.1, 0.15) is 24.8 Å². The smallest absolute Gasteiger partial charge is 0.387 e. The maximum Gasteiger partial charge on any atom is 0.387 e. The van der Waals surface area contributed by atoms with Gasteiger partial charge in [-0.2, -0.15) is 8.78 Å². The Labute approximate surface area is 162 Å². The molecule has 3 rings (SSSR count). The number of fused-ring (bicyclic) bond motifs is 1. The molecule has 28 heavy (non-hydrogen) atoms. The molecule has 10 heteroatoms. The van der Waals surface area contributed by atoms with Crippen LogP contribution < -0.4 is 4.74 Å². The number of carbonyl (C=O) groups excluding carboxylic acids is 3. The van der Waals surface area contributed by atoms with Crippen molar-refractivity contribution in [1.82, 2.24) is 4.90 Å². The van der Waals surface area contributed by atoms with Gasteiger partial charge < -0.3 is 14.4 Å². The number of benzene rings is 1. The van der Waals surface area contributed by atoms with Crippen LogP contribution in [-0.2, 0) is 19.1 Å². The topological polar surface area (TPSA) is 72.9 Å². The quantitative estimate of drug-likeness (QED) is 0.525. The average Bonchev–Trinajstić information content (AvgIpc) is 3.07. The number of ether oxygens (including phenoxy) is 2. The van der Waals surface area contributed by atoms with Gasteiger partial charge in [0.05, 0.1) is 10.6 Å². The maximum atomic E-state index is 14.6. The first kappa shape index (κ1) is 20.2. The Morgan fingerprint density at radius 2 is 2.11 bits per heavy atom. The first-order chi connectivity index (χ1) is 13.3. The molecule has 0 aromatic heterocycles. The lowest BCUT2D eigenvalue weighted by Gasteiger charge is -2.33. The lowest BCUT2D eigenvalue weighted by Crippen LogP contribution is -2.46. The first-order valence-corrected chi connectivity index (χ1v) is 8.77. The van der Waals surface area contributed by atoms with Crippen LogP contribution in [0.15, 0.2) is 18.2 Å². The summed E-state index contributed by atoms with van der Waals surface area (Å²) in [5.74, 6) is -2.67. The van der Waals surface area contributed by atoms with Crippen molar-refractivity contribution in [2.45, 2.75) is 38.0 Å². The summed E-state index contributed by atoms with van der Waals surface area (Å²) in [6, 6.07) is 0.902. The van der Waals surface area contributed by atoms with E-state index >= 15 is 0 Å². The zero-order chi connectivity index (χ0) is 20.4. The van der Waals surface area contributed by atoms with E-state index in [-0.39, 0.29) is 22.6 Å². The number of halogens is 4. The SMILES string of the molecule is O=CCOC(=O)[C@@H]1CCC2CC(c3c(OC(F)F)ccc(Cl)c3F)=CC(=O)N21. The van der Waals surface area contributed by atoms with E-state index in [1.54, 1.807) is 0 Å². The van der Waals surface area contributed by atoms with Gasteiger partial charge in [0.25, 0.3) is 0 Å². The molecule has 1 saturated heterocycles. The molecule has 0 spiro atoms. The Hall–Kier alpha value is -2.55. The Morgan fingerprint density at radius 3 is 2.79 bits per heavy atom. The standard InChI is InChI=1S/C18H15ClF3NO5/c19-11-2-4-13(28-18(21)22)15(16(11)20)9-7-10-1-3-12(17(26)27-6-5-24)23(10)14(25)8-9/h2,4-5,8,10,12,18H,1,3,6-7H2/t10?,12-/m0/s1. The summed E-state index contributed by atoms with van der Waals surface area (Å²) in [4.78, 5) is 36.3. The summed E-state index contributed by atoms with van der Waals surface area (Å²) in [5.41, 5.74) is -0.142. The van der Waals surface area contributed by atoms with Crippen LogP contribution in [0.25, 0.3) is 5.57 Å². The fourth-order valence-electron chi connectivity index (χ4n) is 3.60. The molecule has 150 valence electrons. The zero-order valence-corrected chi connectivity index (χ0v) is 15.1. The first-order valence-electron chi connectivity index (χ1n) is 8.39. The van der Waals surface area contributed by atoms with Crippen molar-refractivity contribution in [1.29, 1.82) is 0 Å². The van der Waals surface area contributed by atoms with Gasteiger partial charge in [0.1, 0.15) is 18.4 Å². The van der Waals surface area contributed by atoms with Gasteiger partial charge >= 0.3 is 12.6 Å². The number of hydrogen-bond donors (Lipinski definition) is 0. The number of carbonyl (C=O) groups is 3. The Bertz CT molecular complexity index is 845. The van der Waals surface area contributed by atoms with E-state index in [9.17, 15) is 27.6 Å². The van der Waals surface area contributed by atoms with Crippen molar-refractivity contribution >= 4 is 35.3 Å². The predicted molar refractivity (Wildman–Crippen MR) is 91.3 cm³/mol. The highest BCUT2D eigenvalue weighted by Crippen LogP contribution is 2.41. The molecular formula is C18H15ClF3NO5. The van der Waals surface area contributed by atoms with Gasteiger partial charge in [-0.15, -0.1) is 0 Å². The number of esters is 1. The van der Waals surface area contributed by atoms with E-state index in [1.165, 1.54) is 4.90 Å². The second kappa shape index (κ2) is 8.22. The Morgan fingerprint density at radius 1 is 1.36 bits per heavy atom. The predicted octanol–water partition coefficient (Wildman–Crippen LogP) is 2.97. The largest absolute Gasteiger partial charge is 0.456 e. The lowest BCUT2D eigenvalue weighted by molar-refractivity contribution is -0.154. The second-order valence-corrected chi connectivity index (χ2v) is 6.68. The molecule has 0 saturated carbocycles. The van der Waals surface area contributed by atoms with E-state index in [0.717, 1.165) is 18.2 Å². The highest BCUT2D eigenvalue weighted by atomic mass is 35.5. The molecule has 6 nitrogen and oxygen atoms in total. The van der Waals surface area contributed by atoms with Gasteiger partial charge in [0.15, 0.2) is 12.1 Å². The third-order valence-electron chi connectivity index (χ3n) is 4.67. The minimum Gasteiger partial charge on any atom is -0.456 e. The molecule has 1 fully saturated rings. The van der Waals surface area contributed by atoms with Crippen molar-refractivity contribution in [3.63, 3.8) is 0 Å². The van der Waals surface area contributed by atoms with Gasteiger partial charge in [-0.3, -0.25) is 9.59 Å². The summed E-state index contributed by atoms with van der Waals surface area (Å²) >= 11 is 5.77. The fraction of sp³-hybridized carbons (Fsp3) is 0.389. The van der Waals surface area contributed by atoms with Crippen molar-refractivity contribution < 1.29 is 37.0 Å². The summed E-state index contributed by atoms with van der Waals surface area (Å²) in [5, 5.41) is -0.297. The van der Waals surface area contributed by atoms with Crippen molar-refractivity contribution in [2.75, 3.05) is 6.61 Å². The summed E-state index contributed by atoms with van der Waals surface area (Å²) in [6.45, 7) is -3.59. The van der Waals surface area contributed by atoms with Crippen LogP contribution in [0.5, 0.6) is 5.75 Å². The van der Waals surface area contributed by atoms with Crippen LogP contribution in [0, 0.1) is 5.82 Å². The van der Waals surface area contributed by atoms with E-state index in [1.807, 2.05) is 0 Å². The molecule has 1 amide bonds. The van der Waals surface area contributed by atoms with Gasteiger partial charge in [0.2, 0.25) is 5.91 Å². The summed E-state index contributed by atoms with van der Waals surface area (Å²) in [6.07, 6.45) is 2.37. The number of hydrogen-bond acceptors (Lipinski definition) is 5. The van der Waals surface area contributed by atoms with Gasteiger partial charge in [-0.05, 0) is 37.0 Å². The molecule has 0 N–H and O–H groups in total. The number of alkyl halides is 2. The zero-order valence-electron chi connectivity index (χ0n) is 14.4. The van der Waals surface area contributed by atoms with Crippen LogP contribution in [-0.4, -0.2) is 48.4 Å². The Balaban J connectivity index is 1.92. The van der Waals surface area contributed by atoms with Crippen molar-refractivity contribution in [2.24, 2.45) is 0 Å². The molecule has 0 radical (unpaired) electrons. The van der Waals surface area contributed by atoms with Gasteiger partial charge in [-0.25, -0.2) is 9.18 Å². The van der Waals surface area contributed by atoms with Crippen LogP contribution in [0.4, 0.5) is 13.2 Å². The molecule has 2 aliphatic heterocycles. The molecule has 2 aliphatic rings. The molecule has 1 aromatic carbocycles. The molecule has 1 unspecified atom stereocenters. The molecule has 2 heterocycles. The minimum absolute atomic E-state index is 0.125. The molecule has 0 bridgehead atoms.